The Morgan fingerprint density at radius 1 is 1.17 bits per heavy atom. The van der Waals surface area contributed by atoms with Crippen LogP contribution in [0.1, 0.15) is 17.5 Å². The molecule has 1 aromatic heterocycles. The Kier molecular flexibility index (Phi) is 4.19. The molecule has 0 radical (unpaired) electrons. The maximum absolute atomic E-state index is 12.4. The zero-order chi connectivity index (χ0) is 16.2. The van der Waals surface area contributed by atoms with Crippen molar-refractivity contribution in [1.82, 2.24) is 0 Å². The molecule has 0 atom stereocenters. The van der Waals surface area contributed by atoms with Crippen molar-refractivity contribution < 1.29 is 18.7 Å². The van der Waals surface area contributed by atoms with Crippen LogP contribution in [0.4, 0.5) is 5.69 Å². The highest BCUT2D eigenvalue weighted by Crippen LogP contribution is 2.29. The topological polar surface area (TPSA) is 60.7 Å². The van der Waals surface area contributed by atoms with E-state index >= 15 is 0 Å². The van der Waals surface area contributed by atoms with Gasteiger partial charge in [0, 0.05) is 17.1 Å². The van der Waals surface area contributed by atoms with E-state index in [1.807, 2.05) is 31.2 Å². The summed E-state index contributed by atoms with van der Waals surface area (Å²) in [5.41, 5.74) is 1.21. The molecule has 0 unspecified atom stereocenters. The van der Waals surface area contributed by atoms with Crippen LogP contribution in [0.3, 0.4) is 0 Å². The van der Waals surface area contributed by atoms with Crippen molar-refractivity contribution in [3.05, 3.63) is 54.3 Å². The number of benzene rings is 2. The summed E-state index contributed by atoms with van der Waals surface area (Å²) in [5, 5.41) is 3.62. The standard InChI is InChI=1S/C18H17NO4/c1-3-22-15-9-4-6-12-10-16(23-17(12)15)18(20)19-13-7-5-8-14(11-13)21-2/h4-11H,3H2,1-2H3,(H,19,20). The Bertz CT molecular complexity index is 838. The van der Waals surface area contributed by atoms with Crippen LogP contribution in [-0.4, -0.2) is 19.6 Å². The van der Waals surface area contributed by atoms with Gasteiger partial charge in [0.25, 0.3) is 5.91 Å². The van der Waals surface area contributed by atoms with Gasteiger partial charge < -0.3 is 19.2 Å². The molecule has 0 saturated heterocycles. The Balaban J connectivity index is 1.87. The number of methoxy groups -OCH3 is 1. The maximum atomic E-state index is 12.4. The summed E-state index contributed by atoms with van der Waals surface area (Å²) >= 11 is 0. The molecule has 0 spiro atoms. The van der Waals surface area contributed by atoms with Gasteiger partial charge in [0.05, 0.1) is 13.7 Å². The summed E-state index contributed by atoms with van der Waals surface area (Å²) in [7, 11) is 1.58. The molecular weight excluding hydrogens is 294 g/mol. The maximum Gasteiger partial charge on any atom is 0.291 e. The molecule has 2 aromatic carbocycles. The number of anilines is 1. The molecule has 0 aliphatic rings. The predicted octanol–water partition coefficient (Wildman–Crippen LogP) is 4.09. The van der Waals surface area contributed by atoms with Crippen molar-refractivity contribution >= 4 is 22.6 Å². The van der Waals surface area contributed by atoms with Crippen molar-refractivity contribution in [2.24, 2.45) is 0 Å². The summed E-state index contributed by atoms with van der Waals surface area (Å²) < 4.78 is 16.3. The number of ether oxygens (including phenoxy) is 2. The molecule has 118 valence electrons. The number of nitrogens with one attached hydrogen (secondary N) is 1. The van der Waals surface area contributed by atoms with E-state index in [0.29, 0.717) is 29.4 Å². The monoisotopic (exact) mass is 311 g/mol. The van der Waals surface area contributed by atoms with Gasteiger partial charge in [0.1, 0.15) is 5.75 Å². The number of furan rings is 1. The molecule has 0 fully saturated rings. The molecule has 5 heteroatoms. The van der Waals surface area contributed by atoms with Crippen molar-refractivity contribution in [2.45, 2.75) is 6.92 Å². The number of hydrogen-bond acceptors (Lipinski definition) is 4. The lowest BCUT2D eigenvalue weighted by atomic mass is 10.2. The van der Waals surface area contributed by atoms with Crippen LogP contribution in [0.25, 0.3) is 11.0 Å². The number of carbonyl (C=O) groups is 1. The van der Waals surface area contributed by atoms with Crippen molar-refractivity contribution in [3.8, 4) is 11.5 Å². The number of para-hydroxylation sites is 1. The number of amides is 1. The van der Waals surface area contributed by atoms with Crippen LogP contribution in [0, 0.1) is 0 Å². The molecular formula is C18H17NO4. The quantitative estimate of drug-likeness (QED) is 0.771. The fourth-order valence-corrected chi connectivity index (χ4v) is 2.31. The van der Waals surface area contributed by atoms with Gasteiger partial charge in [-0.2, -0.15) is 0 Å². The third-order valence-corrected chi connectivity index (χ3v) is 3.36. The molecule has 3 aromatic rings. The van der Waals surface area contributed by atoms with Crippen LogP contribution in [0.2, 0.25) is 0 Å². The van der Waals surface area contributed by atoms with Gasteiger partial charge in [-0.05, 0) is 31.2 Å². The minimum atomic E-state index is -0.322. The number of fused-ring (bicyclic) bond motifs is 1. The largest absolute Gasteiger partial charge is 0.497 e. The number of carbonyl (C=O) groups excluding carboxylic acids is 1. The number of hydrogen-bond donors (Lipinski definition) is 1. The van der Waals surface area contributed by atoms with Crippen LogP contribution in [0.5, 0.6) is 11.5 Å². The third kappa shape index (κ3) is 3.13. The molecule has 0 aliphatic carbocycles. The molecule has 1 heterocycles. The Morgan fingerprint density at radius 3 is 2.78 bits per heavy atom. The zero-order valence-corrected chi connectivity index (χ0v) is 13.0. The predicted molar refractivity (Wildman–Crippen MR) is 88.3 cm³/mol. The molecule has 0 aliphatic heterocycles. The second kappa shape index (κ2) is 6.44. The van der Waals surface area contributed by atoms with Crippen LogP contribution in [-0.2, 0) is 0 Å². The van der Waals surface area contributed by atoms with E-state index in [0.717, 1.165) is 5.39 Å². The summed E-state index contributed by atoms with van der Waals surface area (Å²) in [5.74, 6) is 1.21. The Morgan fingerprint density at radius 2 is 2.00 bits per heavy atom. The van der Waals surface area contributed by atoms with Crippen LogP contribution >= 0.6 is 0 Å². The van der Waals surface area contributed by atoms with Gasteiger partial charge in [-0.15, -0.1) is 0 Å². The van der Waals surface area contributed by atoms with Gasteiger partial charge in [-0.25, -0.2) is 0 Å². The van der Waals surface area contributed by atoms with Crippen molar-refractivity contribution in [2.75, 3.05) is 19.0 Å². The summed E-state index contributed by atoms with van der Waals surface area (Å²) in [6.07, 6.45) is 0. The van der Waals surface area contributed by atoms with Gasteiger partial charge in [-0.3, -0.25) is 4.79 Å². The second-order valence-electron chi connectivity index (χ2n) is 4.90. The fourth-order valence-electron chi connectivity index (χ4n) is 2.31. The average Bonchev–Trinajstić information content (AvgIpc) is 3.01. The van der Waals surface area contributed by atoms with Gasteiger partial charge in [-0.1, -0.05) is 18.2 Å². The lowest BCUT2D eigenvalue weighted by Crippen LogP contribution is -2.10. The molecule has 5 nitrogen and oxygen atoms in total. The molecule has 1 N–H and O–H groups in total. The fraction of sp³-hybridized carbons (Fsp3) is 0.167. The normalized spacial score (nSPS) is 10.5. The molecule has 23 heavy (non-hydrogen) atoms. The van der Waals surface area contributed by atoms with E-state index in [4.69, 9.17) is 13.9 Å². The van der Waals surface area contributed by atoms with Crippen LogP contribution < -0.4 is 14.8 Å². The molecule has 1 amide bonds. The molecule has 3 rings (SSSR count). The Hall–Kier alpha value is -2.95. The van der Waals surface area contributed by atoms with E-state index in [1.165, 1.54) is 0 Å². The zero-order valence-electron chi connectivity index (χ0n) is 13.0. The van der Waals surface area contributed by atoms with E-state index < -0.39 is 0 Å². The van der Waals surface area contributed by atoms with E-state index in [2.05, 4.69) is 5.32 Å². The third-order valence-electron chi connectivity index (χ3n) is 3.36. The van der Waals surface area contributed by atoms with E-state index in [1.54, 1.807) is 31.4 Å². The van der Waals surface area contributed by atoms with Crippen molar-refractivity contribution in [1.29, 1.82) is 0 Å². The highest BCUT2D eigenvalue weighted by molar-refractivity contribution is 6.05. The minimum Gasteiger partial charge on any atom is -0.497 e. The second-order valence-corrected chi connectivity index (χ2v) is 4.90. The van der Waals surface area contributed by atoms with E-state index in [-0.39, 0.29) is 11.7 Å². The van der Waals surface area contributed by atoms with E-state index in [9.17, 15) is 4.79 Å². The number of rotatable bonds is 5. The SMILES string of the molecule is CCOc1cccc2cc(C(=O)Nc3cccc(OC)c3)oc12. The smallest absolute Gasteiger partial charge is 0.291 e. The lowest BCUT2D eigenvalue weighted by molar-refractivity contribution is 0.0998. The van der Waals surface area contributed by atoms with Gasteiger partial charge >= 0.3 is 0 Å². The average molecular weight is 311 g/mol. The van der Waals surface area contributed by atoms with Gasteiger partial charge in [0.2, 0.25) is 0 Å². The highest BCUT2D eigenvalue weighted by atomic mass is 16.5. The first kappa shape index (κ1) is 15.0. The summed E-state index contributed by atoms with van der Waals surface area (Å²) in [6, 6.07) is 14.4. The minimum absolute atomic E-state index is 0.231. The molecule has 0 bridgehead atoms. The summed E-state index contributed by atoms with van der Waals surface area (Å²) in [4.78, 5) is 12.4. The van der Waals surface area contributed by atoms with Gasteiger partial charge in [0.15, 0.2) is 17.1 Å². The van der Waals surface area contributed by atoms with Crippen molar-refractivity contribution in [3.63, 3.8) is 0 Å². The lowest BCUT2D eigenvalue weighted by Gasteiger charge is -2.05. The Labute approximate surface area is 133 Å². The van der Waals surface area contributed by atoms with Crippen LogP contribution in [0.15, 0.2) is 52.9 Å². The highest BCUT2D eigenvalue weighted by Gasteiger charge is 2.15. The molecule has 0 saturated carbocycles. The first-order valence-electron chi connectivity index (χ1n) is 7.32. The first-order chi connectivity index (χ1) is 11.2. The summed E-state index contributed by atoms with van der Waals surface area (Å²) in [6.45, 7) is 2.43. The first-order valence-corrected chi connectivity index (χ1v) is 7.32.